The predicted octanol–water partition coefficient (Wildman–Crippen LogP) is 1.91. The van der Waals surface area contributed by atoms with Crippen LogP contribution in [0.5, 0.6) is 0 Å². The SMILES string of the molecule is Cc1cc(C(=O)N2CC[C@H](C(=O)O)C2)sc1C. The fourth-order valence-corrected chi connectivity index (χ4v) is 2.98. The molecule has 1 aromatic heterocycles. The second-order valence-corrected chi connectivity index (χ2v) is 5.68. The Hall–Kier alpha value is -1.36. The van der Waals surface area contributed by atoms with E-state index in [4.69, 9.17) is 5.11 Å². The summed E-state index contributed by atoms with van der Waals surface area (Å²) in [6.07, 6.45) is 0.560. The lowest BCUT2D eigenvalue weighted by atomic mass is 10.1. The van der Waals surface area contributed by atoms with Gasteiger partial charge < -0.3 is 10.0 Å². The first-order chi connectivity index (χ1) is 7.99. The highest BCUT2D eigenvalue weighted by Crippen LogP contribution is 2.25. The lowest BCUT2D eigenvalue weighted by Gasteiger charge is -2.14. The van der Waals surface area contributed by atoms with Crippen molar-refractivity contribution in [2.24, 2.45) is 5.92 Å². The molecule has 2 heterocycles. The van der Waals surface area contributed by atoms with E-state index in [-0.39, 0.29) is 5.91 Å². The van der Waals surface area contributed by atoms with Crippen molar-refractivity contribution in [3.8, 4) is 0 Å². The minimum atomic E-state index is -0.807. The van der Waals surface area contributed by atoms with Crippen molar-refractivity contribution in [1.29, 1.82) is 0 Å². The zero-order valence-corrected chi connectivity index (χ0v) is 10.7. The third-order valence-electron chi connectivity index (χ3n) is 3.20. The summed E-state index contributed by atoms with van der Waals surface area (Å²) in [7, 11) is 0. The van der Waals surface area contributed by atoms with Gasteiger partial charge in [-0.3, -0.25) is 9.59 Å². The van der Waals surface area contributed by atoms with Crippen LogP contribution in [0, 0.1) is 19.8 Å². The Morgan fingerprint density at radius 1 is 1.47 bits per heavy atom. The summed E-state index contributed by atoms with van der Waals surface area (Å²) in [6, 6.07) is 1.89. The van der Waals surface area contributed by atoms with Crippen molar-refractivity contribution >= 4 is 23.2 Å². The number of nitrogens with zero attached hydrogens (tertiary/aromatic N) is 1. The van der Waals surface area contributed by atoms with Crippen LogP contribution in [0.15, 0.2) is 6.07 Å². The highest BCUT2D eigenvalue weighted by molar-refractivity contribution is 7.14. The maximum Gasteiger partial charge on any atom is 0.308 e. The number of hydrogen-bond donors (Lipinski definition) is 1. The van der Waals surface area contributed by atoms with E-state index >= 15 is 0 Å². The summed E-state index contributed by atoms with van der Waals surface area (Å²) in [4.78, 5) is 26.5. The van der Waals surface area contributed by atoms with Crippen LogP contribution >= 0.6 is 11.3 Å². The van der Waals surface area contributed by atoms with Crippen LogP contribution in [0.3, 0.4) is 0 Å². The highest BCUT2D eigenvalue weighted by Gasteiger charge is 2.31. The lowest BCUT2D eigenvalue weighted by Crippen LogP contribution is -2.29. The van der Waals surface area contributed by atoms with Gasteiger partial charge in [0, 0.05) is 18.0 Å². The molecule has 92 valence electrons. The van der Waals surface area contributed by atoms with Gasteiger partial charge in [-0.25, -0.2) is 0 Å². The third kappa shape index (κ3) is 2.34. The molecule has 0 aliphatic carbocycles. The molecule has 1 amide bonds. The Bertz CT molecular complexity index is 447. The van der Waals surface area contributed by atoms with Crippen LogP contribution in [-0.4, -0.2) is 35.0 Å². The quantitative estimate of drug-likeness (QED) is 0.876. The largest absolute Gasteiger partial charge is 0.481 e. The second kappa shape index (κ2) is 4.49. The summed E-state index contributed by atoms with van der Waals surface area (Å²) in [5.41, 5.74) is 1.12. The van der Waals surface area contributed by atoms with Crippen LogP contribution in [0.4, 0.5) is 0 Å². The number of carbonyl (C=O) groups excluding carboxylic acids is 1. The number of aliphatic carboxylic acids is 1. The number of aryl methyl sites for hydroxylation is 2. The molecule has 0 radical (unpaired) electrons. The molecule has 0 saturated carbocycles. The summed E-state index contributed by atoms with van der Waals surface area (Å²) in [5, 5.41) is 8.90. The van der Waals surface area contributed by atoms with Crippen LogP contribution in [0.25, 0.3) is 0 Å². The van der Waals surface area contributed by atoms with Crippen molar-refractivity contribution in [2.75, 3.05) is 13.1 Å². The maximum absolute atomic E-state index is 12.1. The zero-order chi connectivity index (χ0) is 12.6. The monoisotopic (exact) mass is 253 g/mol. The number of carboxylic acids is 1. The van der Waals surface area contributed by atoms with Crippen molar-refractivity contribution in [2.45, 2.75) is 20.3 Å². The molecule has 0 bridgehead atoms. The van der Waals surface area contributed by atoms with Gasteiger partial charge in [-0.2, -0.15) is 0 Å². The summed E-state index contributed by atoms with van der Waals surface area (Å²) >= 11 is 1.48. The topological polar surface area (TPSA) is 57.6 Å². The molecule has 1 fully saturated rings. The molecule has 1 saturated heterocycles. The number of amides is 1. The number of thiophene rings is 1. The van der Waals surface area contributed by atoms with Crippen LogP contribution in [0.2, 0.25) is 0 Å². The van der Waals surface area contributed by atoms with Crippen LogP contribution < -0.4 is 0 Å². The molecule has 0 spiro atoms. The number of rotatable bonds is 2. The molecule has 1 aromatic rings. The molecule has 17 heavy (non-hydrogen) atoms. The Morgan fingerprint density at radius 2 is 2.18 bits per heavy atom. The van der Waals surface area contributed by atoms with E-state index < -0.39 is 11.9 Å². The molecule has 1 aliphatic rings. The molecule has 5 heteroatoms. The number of carboxylic acid groups (broad SMARTS) is 1. The van der Waals surface area contributed by atoms with Crippen LogP contribution in [0.1, 0.15) is 26.5 Å². The van der Waals surface area contributed by atoms with E-state index in [2.05, 4.69) is 0 Å². The molecular formula is C12H15NO3S. The molecule has 1 aliphatic heterocycles. The van der Waals surface area contributed by atoms with Crippen molar-refractivity contribution in [1.82, 2.24) is 4.90 Å². The predicted molar refractivity (Wildman–Crippen MR) is 65.4 cm³/mol. The third-order valence-corrected chi connectivity index (χ3v) is 4.34. The van der Waals surface area contributed by atoms with Crippen molar-refractivity contribution < 1.29 is 14.7 Å². The number of carbonyl (C=O) groups is 2. The first kappa shape index (κ1) is 12.1. The van der Waals surface area contributed by atoms with Gasteiger partial charge in [0.25, 0.3) is 5.91 Å². The minimum Gasteiger partial charge on any atom is -0.481 e. The van der Waals surface area contributed by atoms with Gasteiger partial charge in [-0.05, 0) is 31.9 Å². The van der Waals surface area contributed by atoms with Crippen LogP contribution in [-0.2, 0) is 4.79 Å². The fraction of sp³-hybridized carbons (Fsp3) is 0.500. The van der Waals surface area contributed by atoms with Gasteiger partial charge in [0.05, 0.1) is 10.8 Å². The Kier molecular flexibility index (Phi) is 3.19. The lowest BCUT2D eigenvalue weighted by molar-refractivity contribution is -0.141. The molecular weight excluding hydrogens is 238 g/mol. The van der Waals surface area contributed by atoms with Gasteiger partial charge >= 0.3 is 5.97 Å². The standard InChI is InChI=1S/C12H15NO3S/c1-7-5-10(17-8(7)2)11(14)13-4-3-9(6-13)12(15)16/h5,9H,3-4,6H2,1-2H3,(H,15,16)/t9-/m0/s1. The minimum absolute atomic E-state index is 0.0325. The Labute approximate surface area is 104 Å². The number of likely N-dealkylation sites (tertiary alicyclic amines) is 1. The van der Waals surface area contributed by atoms with Gasteiger partial charge in [-0.1, -0.05) is 0 Å². The Balaban J connectivity index is 2.09. The summed E-state index contributed by atoms with van der Waals surface area (Å²) in [5.74, 6) is -1.24. The van der Waals surface area contributed by atoms with E-state index in [0.717, 1.165) is 10.4 Å². The first-order valence-corrected chi connectivity index (χ1v) is 6.40. The highest BCUT2D eigenvalue weighted by atomic mass is 32.1. The van der Waals surface area contributed by atoms with E-state index in [9.17, 15) is 9.59 Å². The molecule has 0 aromatic carbocycles. The number of hydrogen-bond acceptors (Lipinski definition) is 3. The van der Waals surface area contributed by atoms with Gasteiger partial charge in [0.1, 0.15) is 0 Å². The summed E-state index contributed by atoms with van der Waals surface area (Å²) in [6.45, 7) is 4.85. The van der Waals surface area contributed by atoms with Gasteiger partial charge in [-0.15, -0.1) is 11.3 Å². The molecule has 4 nitrogen and oxygen atoms in total. The second-order valence-electron chi connectivity index (χ2n) is 4.42. The molecule has 0 unspecified atom stereocenters. The fourth-order valence-electron chi connectivity index (χ4n) is 1.98. The zero-order valence-electron chi connectivity index (χ0n) is 9.90. The normalized spacial score (nSPS) is 19.6. The van der Waals surface area contributed by atoms with E-state index in [1.165, 1.54) is 11.3 Å². The van der Waals surface area contributed by atoms with E-state index in [1.54, 1.807) is 4.90 Å². The molecule has 1 N–H and O–H groups in total. The molecule has 2 rings (SSSR count). The van der Waals surface area contributed by atoms with E-state index in [1.807, 2.05) is 19.9 Å². The van der Waals surface area contributed by atoms with E-state index in [0.29, 0.717) is 24.4 Å². The maximum atomic E-state index is 12.1. The first-order valence-electron chi connectivity index (χ1n) is 5.58. The average Bonchev–Trinajstić information content (AvgIpc) is 2.86. The van der Waals surface area contributed by atoms with Crippen molar-refractivity contribution in [3.63, 3.8) is 0 Å². The molecule has 1 atom stereocenters. The smallest absolute Gasteiger partial charge is 0.308 e. The summed E-state index contributed by atoms with van der Waals surface area (Å²) < 4.78 is 0. The average molecular weight is 253 g/mol. The van der Waals surface area contributed by atoms with Gasteiger partial charge in [0.2, 0.25) is 0 Å². The van der Waals surface area contributed by atoms with Crippen molar-refractivity contribution in [3.05, 3.63) is 21.4 Å². The van der Waals surface area contributed by atoms with Gasteiger partial charge in [0.15, 0.2) is 0 Å². The Morgan fingerprint density at radius 3 is 2.65 bits per heavy atom.